The number of ether oxygens (including phenoxy) is 1. The summed E-state index contributed by atoms with van der Waals surface area (Å²) in [7, 11) is 0. The maximum atomic E-state index is 6.31. The smallest absolute Gasteiger partial charge is 0.123 e. The van der Waals surface area contributed by atoms with Crippen molar-refractivity contribution < 1.29 is 4.74 Å². The highest BCUT2D eigenvalue weighted by molar-refractivity contribution is 5.41. The Bertz CT molecular complexity index is 565. The van der Waals surface area contributed by atoms with Crippen LogP contribution in [0.4, 0.5) is 0 Å². The second-order valence-electron chi connectivity index (χ2n) is 5.30. The van der Waals surface area contributed by atoms with Crippen LogP contribution in [0.2, 0.25) is 0 Å². The topological polar surface area (TPSA) is 35.2 Å². The summed E-state index contributed by atoms with van der Waals surface area (Å²) in [5, 5.41) is 0. The van der Waals surface area contributed by atoms with Crippen molar-refractivity contribution in [3.05, 3.63) is 65.2 Å². The minimum atomic E-state index is 0.0450. The molecule has 0 fully saturated rings. The molecule has 0 saturated heterocycles. The van der Waals surface area contributed by atoms with Crippen LogP contribution in [-0.4, -0.2) is 6.10 Å². The van der Waals surface area contributed by atoms with E-state index in [9.17, 15) is 0 Å². The third-order valence-electron chi connectivity index (χ3n) is 3.65. The molecule has 0 aromatic heterocycles. The Balaban J connectivity index is 1.78. The summed E-state index contributed by atoms with van der Waals surface area (Å²) in [5.74, 6) is 1.02. The van der Waals surface area contributed by atoms with Crippen LogP contribution in [0.5, 0.6) is 5.75 Å². The van der Waals surface area contributed by atoms with Crippen molar-refractivity contribution >= 4 is 0 Å². The number of hydrogen-bond acceptors (Lipinski definition) is 2. The van der Waals surface area contributed by atoms with Gasteiger partial charge < -0.3 is 10.5 Å². The van der Waals surface area contributed by atoms with Crippen molar-refractivity contribution in [3.63, 3.8) is 0 Å². The van der Waals surface area contributed by atoms with Crippen LogP contribution in [0.25, 0.3) is 0 Å². The van der Waals surface area contributed by atoms with Gasteiger partial charge in [0.25, 0.3) is 0 Å². The Kier molecular flexibility index (Phi) is 3.26. The van der Waals surface area contributed by atoms with Crippen LogP contribution in [0.3, 0.4) is 0 Å². The second-order valence-corrected chi connectivity index (χ2v) is 5.30. The molecule has 0 saturated carbocycles. The molecule has 2 N–H and O–H groups in total. The molecule has 2 aromatic carbocycles. The van der Waals surface area contributed by atoms with Gasteiger partial charge in [-0.3, -0.25) is 0 Å². The summed E-state index contributed by atoms with van der Waals surface area (Å²) in [4.78, 5) is 0. The van der Waals surface area contributed by atoms with E-state index >= 15 is 0 Å². The van der Waals surface area contributed by atoms with E-state index in [0.717, 1.165) is 18.6 Å². The lowest BCUT2D eigenvalue weighted by molar-refractivity contribution is 0.254. The van der Waals surface area contributed by atoms with E-state index in [2.05, 4.69) is 49.4 Å². The van der Waals surface area contributed by atoms with E-state index < -0.39 is 0 Å². The van der Waals surface area contributed by atoms with Gasteiger partial charge in [-0.2, -0.15) is 0 Å². The Morgan fingerprint density at radius 1 is 1.21 bits per heavy atom. The van der Waals surface area contributed by atoms with Gasteiger partial charge in [-0.15, -0.1) is 0 Å². The predicted molar refractivity (Wildman–Crippen MR) is 77.3 cm³/mol. The summed E-state index contributed by atoms with van der Waals surface area (Å²) < 4.78 is 5.72. The monoisotopic (exact) mass is 253 g/mol. The maximum Gasteiger partial charge on any atom is 0.123 e. The van der Waals surface area contributed by atoms with Crippen molar-refractivity contribution in [2.45, 2.75) is 31.9 Å². The molecule has 2 heteroatoms. The summed E-state index contributed by atoms with van der Waals surface area (Å²) in [6.07, 6.45) is 2.15. The molecule has 0 radical (unpaired) electrons. The quantitative estimate of drug-likeness (QED) is 0.911. The highest BCUT2D eigenvalue weighted by atomic mass is 16.5. The zero-order valence-electron chi connectivity index (χ0n) is 11.2. The minimum absolute atomic E-state index is 0.0450. The summed E-state index contributed by atoms with van der Waals surface area (Å²) in [6.45, 7) is 2.10. The zero-order valence-corrected chi connectivity index (χ0v) is 11.2. The Hall–Kier alpha value is -1.80. The number of fused-ring (bicyclic) bond motifs is 1. The van der Waals surface area contributed by atoms with Crippen molar-refractivity contribution in [1.29, 1.82) is 0 Å². The molecule has 0 aliphatic carbocycles. The standard InChI is InChI=1S/C17H19NO/c1-12-9-15-11-14(7-8-17(15)19-12)16(18)10-13-5-3-2-4-6-13/h2-8,11-12,16H,9-10,18H2,1H3. The van der Waals surface area contributed by atoms with Crippen LogP contribution < -0.4 is 10.5 Å². The molecule has 1 aliphatic heterocycles. The van der Waals surface area contributed by atoms with E-state index in [1.165, 1.54) is 16.7 Å². The van der Waals surface area contributed by atoms with Crippen molar-refractivity contribution in [2.75, 3.05) is 0 Å². The van der Waals surface area contributed by atoms with Crippen LogP contribution >= 0.6 is 0 Å². The van der Waals surface area contributed by atoms with Crippen molar-refractivity contribution in [3.8, 4) is 5.75 Å². The normalized spacial score (nSPS) is 18.7. The summed E-state index contributed by atoms with van der Waals surface area (Å²) in [6, 6.07) is 16.8. The van der Waals surface area contributed by atoms with Crippen molar-refractivity contribution in [1.82, 2.24) is 0 Å². The van der Waals surface area contributed by atoms with Gasteiger partial charge in [0.1, 0.15) is 11.9 Å². The molecule has 2 aromatic rings. The lowest BCUT2D eigenvalue weighted by atomic mass is 9.97. The molecule has 2 atom stereocenters. The van der Waals surface area contributed by atoms with Crippen molar-refractivity contribution in [2.24, 2.45) is 5.73 Å². The number of benzene rings is 2. The Morgan fingerprint density at radius 2 is 2.00 bits per heavy atom. The van der Waals surface area contributed by atoms with Crippen LogP contribution in [0.15, 0.2) is 48.5 Å². The van der Waals surface area contributed by atoms with Gasteiger partial charge in [0.05, 0.1) is 0 Å². The Labute approximate surface area is 114 Å². The van der Waals surface area contributed by atoms with Gasteiger partial charge in [0.2, 0.25) is 0 Å². The molecule has 0 amide bonds. The molecule has 1 heterocycles. The van der Waals surface area contributed by atoms with E-state index in [-0.39, 0.29) is 12.1 Å². The zero-order chi connectivity index (χ0) is 13.2. The molecule has 0 bridgehead atoms. The minimum Gasteiger partial charge on any atom is -0.490 e. The van der Waals surface area contributed by atoms with E-state index in [1.54, 1.807) is 0 Å². The number of nitrogens with two attached hydrogens (primary N) is 1. The van der Waals surface area contributed by atoms with Gasteiger partial charge in [-0.1, -0.05) is 42.5 Å². The largest absolute Gasteiger partial charge is 0.490 e. The molecule has 98 valence electrons. The third kappa shape index (κ3) is 2.64. The first-order chi connectivity index (χ1) is 9.22. The lowest BCUT2D eigenvalue weighted by Crippen LogP contribution is -2.13. The van der Waals surface area contributed by atoms with E-state index in [1.807, 2.05) is 6.07 Å². The van der Waals surface area contributed by atoms with E-state index in [4.69, 9.17) is 10.5 Å². The molecular formula is C17H19NO. The maximum absolute atomic E-state index is 6.31. The van der Waals surface area contributed by atoms with Gasteiger partial charge in [-0.05, 0) is 36.1 Å². The van der Waals surface area contributed by atoms with Gasteiger partial charge in [0, 0.05) is 12.5 Å². The fourth-order valence-corrected chi connectivity index (χ4v) is 2.66. The summed E-state index contributed by atoms with van der Waals surface area (Å²) in [5.41, 5.74) is 10.1. The molecule has 1 aliphatic rings. The summed E-state index contributed by atoms with van der Waals surface area (Å²) >= 11 is 0. The molecule has 19 heavy (non-hydrogen) atoms. The third-order valence-corrected chi connectivity index (χ3v) is 3.65. The Morgan fingerprint density at radius 3 is 2.79 bits per heavy atom. The first kappa shape index (κ1) is 12.2. The van der Waals surface area contributed by atoms with Crippen LogP contribution in [-0.2, 0) is 12.8 Å². The second kappa shape index (κ2) is 5.06. The first-order valence-corrected chi connectivity index (χ1v) is 6.81. The van der Waals surface area contributed by atoms with Gasteiger partial charge in [-0.25, -0.2) is 0 Å². The predicted octanol–water partition coefficient (Wildman–Crippen LogP) is 3.25. The van der Waals surface area contributed by atoms with Crippen LogP contribution in [0, 0.1) is 0 Å². The average Bonchev–Trinajstić information content (AvgIpc) is 2.78. The van der Waals surface area contributed by atoms with Gasteiger partial charge >= 0.3 is 0 Å². The lowest BCUT2D eigenvalue weighted by Gasteiger charge is -2.13. The molecule has 2 nitrogen and oxygen atoms in total. The molecular weight excluding hydrogens is 234 g/mol. The number of hydrogen-bond donors (Lipinski definition) is 1. The SMILES string of the molecule is CC1Cc2cc(C(N)Cc3ccccc3)ccc2O1. The molecule has 0 spiro atoms. The number of rotatable bonds is 3. The average molecular weight is 253 g/mol. The fourth-order valence-electron chi connectivity index (χ4n) is 2.66. The van der Waals surface area contributed by atoms with E-state index in [0.29, 0.717) is 0 Å². The fraction of sp³-hybridized carbons (Fsp3) is 0.294. The van der Waals surface area contributed by atoms with Crippen LogP contribution in [0.1, 0.15) is 29.7 Å². The first-order valence-electron chi connectivity index (χ1n) is 6.81. The van der Waals surface area contributed by atoms with Gasteiger partial charge in [0.15, 0.2) is 0 Å². The molecule has 2 unspecified atom stereocenters. The molecule has 3 rings (SSSR count). The highest BCUT2D eigenvalue weighted by Gasteiger charge is 2.20. The highest BCUT2D eigenvalue weighted by Crippen LogP contribution is 2.31.